The monoisotopic (exact) mass is 257 g/mol. The van der Waals surface area contributed by atoms with Crippen molar-refractivity contribution >= 4 is 0 Å². The van der Waals surface area contributed by atoms with E-state index in [4.69, 9.17) is 4.42 Å². The molecule has 0 saturated carbocycles. The van der Waals surface area contributed by atoms with Crippen molar-refractivity contribution in [1.82, 2.24) is 5.32 Å². The average Bonchev–Trinajstić information content (AvgIpc) is 2.74. The Hall–Kier alpha value is -1.54. The van der Waals surface area contributed by atoms with Gasteiger partial charge in [0, 0.05) is 6.04 Å². The summed E-state index contributed by atoms with van der Waals surface area (Å²) in [4.78, 5) is 0. The number of benzene rings is 1. The van der Waals surface area contributed by atoms with Gasteiger partial charge in [-0.05, 0) is 52.3 Å². The summed E-state index contributed by atoms with van der Waals surface area (Å²) in [6.07, 6.45) is 0. The highest BCUT2D eigenvalue weighted by molar-refractivity contribution is 5.30. The standard InChI is InChI=1S/C17H23NO/c1-11-8-12(2)10-16(9-11)14(4)18-15(5)17-7-6-13(3)19-17/h6-10,14-15,18H,1-5H3. The molecule has 0 amide bonds. The third-order valence-corrected chi connectivity index (χ3v) is 3.43. The Morgan fingerprint density at radius 3 is 2.05 bits per heavy atom. The van der Waals surface area contributed by atoms with Crippen molar-refractivity contribution in [3.05, 3.63) is 58.5 Å². The Kier molecular flexibility index (Phi) is 4.11. The summed E-state index contributed by atoms with van der Waals surface area (Å²) in [5, 5.41) is 3.59. The Bertz CT molecular complexity index is 536. The molecule has 0 aliphatic heterocycles. The van der Waals surface area contributed by atoms with Crippen molar-refractivity contribution < 1.29 is 4.42 Å². The highest BCUT2D eigenvalue weighted by Crippen LogP contribution is 2.22. The van der Waals surface area contributed by atoms with Crippen LogP contribution in [0.3, 0.4) is 0 Å². The fraction of sp³-hybridized carbons (Fsp3) is 0.412. The minimum atomic E-state index is 0.213. The van der Waals surface area contributed by atoms with Crippen LogP contribution in [0.5, 0.6) is 0 Å². The van der Waals surface area contributed by atoms with Crippen molar-refractivity contribution in [2.45, 2.75) is 46.7 Å². The van der Waals surface area contributed by atoms with Gasteiger partial charge in [-0.3, -0.25) is 0 Å². The lowest BCUT2D eigenvalue weighted by Crippen LogP contribution is -2.22. The highest BCUT2D eigenvalue weighted by Gasteiger charge is 2.14. The van der Waals surface area contributed by atoms with E-state index < -0.39 is 0 Å². The van der Waals surface area contributed by atoms with Crippen LogP contribution in [0.15, 0.2) is 34.7 Å². The van der Waals surface area contributed by atoms with E-state index >= 15 is 0 Å². The van der Waals surface area contributed by atoms with Gasteiger partial charge >= 0.3 is 0 Å². The zero-order valence-corrected chi connectivity index (χ0v) is 12.4. The number of hydrogen-bond donors (Lipinski definition) is 1. The molecular weight excluding hydrogens is 234 g/mol. The molecule has 0 fully saturated rings. The van der Waals surface area contributed by atoms with Crippen LogP contribution in [0.2, 0.25) is 0 Å². The third kappa shape index (κ3) is 3.48. The SMILES string of the molecule is Cc1cc(C)cc(C(C)NC(C)c2ccc(C)o2)c1. The molecule has 1 N–H and O–H groups in total. The first-order chi connectivity index (χ1) is 8.95. The molecule has 1 heterocycles. The quantitative estimate of drug-likeness (QED) is 0.864. The number of furan rings is 1. The van der Waals surface area contributed by atoms with Crippen LogP contribution in [0.25, 0.3) is 0 Å². The fourth-order valence-electron chi connectivity index (χ4n) is 2.50. The summed E-state index contributed by atoms with van der Waals surface area (Å²) in [5.74, 6) is 1.96. The molecule has 102 valence electrons. The predicted molar refractivity (Wildman–Crippen MR) is 79.3 cm³/mol. The molecule has 1 aromatic carbocycles. The second kappa shape index (κ2) is 5.62. The predicted octanol–water partition coefficient (Wildman–Crippen LogP) is 4.62. The first kappa shape index (κ1) is 13.9. The van der Waals surface area contributed by atoms with Crippen LogP contribution < -0.4 is 5.32 Å². The molecule has 0 bridgehead atoms. The van der Waals surface area contributed by atoms with E-state index in [9.17, 15) is 0 Å². The van der Waals surface area contributed by atoms with Crippen molar-refractivity contribution in [1.29, 1.82) is 0 Å². The largest absolute Gasteiger partial charge is 0.465 e. The molecule has 2 nitrogen and oxygen atoms in total. The topological polar surface area (TPSA) is 25.2 Å². The number of rotatable bonds is 4. The molecule has 1 aromatic heterocycles. The second-order valence-electron chi connectivity index (χ2n) is 5.48. The van der Waals surface area contributed by atoms with Crippen molar-refractivity contribution in [3.63, 3.8) is 0 Å². The van der Waals surface area contributed by atoms with Gasteiger partial charge in [0.1, 0.15) is 11.5 Å². The van der Waals surface area contributed by atoms with E-state index in [1.54, 1.807) is 0 Å². The summed E-state index contributed by atoms with van der Waals surface area (Å²) >= 11 is 0. The molecule has 2 unspecified atom stereocenters. The van der Waals surface area contributed by atoms with Crippen molar-refractivity contribution in [2.24, 2.45) is 0 Å². The summed E-state index contributed by atoms with van der Waals surface area (Å²) in [5.41, 5.74) is 3.95. The van der Waals surface area contributed by atoms with Crippen LogP contribution in [0, 0.1) is 20.8 Å². The molecule has 0 radical (unpaired) electrons. The molecule has 2 rings (SSSR count). The average molecular weight is 257 g/mol. The van der Waals surface area contributed by atoms with Crippen molar-refractivity contribution in [3.8, 4) is 0 Å². The van der Waals surface area contributed by atoms with E-state index in [0.29, 0.717) is 6.04 Å². The van der Waals surface area contributed by atoms with Gasteiger partial charge in [0.05, 0.1) is 6.04 Å². The van der Waals surface area contributed by atoms with Gasteiger partial charge in [-0.15, -0.1) is 0 Å². The lowest BCUT2D eigenvalue weighted by molar-refractivity contribution is 0.392. The Morgan fingerprint density at radius 1 is 0.895 bits per heavy atom. The smallest absolute Gasteiger partial charge is 0.120 e. The molecule has 0 aliphatic rings. The normalized spacial score (nSPS) is 14.4. The van der Waals surface area contributed by atoms with Gasteiger partial charge in [0.2, 0.25) is 0 Å². The summed E-state index contributed by atoms with van der Waals surface area (Å²) < 4.78 is 5.67. The van der Waals surface area contributed by atoms with E-state index in [1.165, 1.54) is 16.7 Å². The van der Waals surface area contributed by atoms with E-state index in [2.05, 4.69) is 51.2 Å². The maximum atomic E-state index is 5.67. The first-order valence-electron chi connectivity index (χ1n) is 6.86. The molecular formula is C17H23NO. The number of aryl methyl sites for hydroxylation is 3. The fourth-order valence-corrected chi connectivity index (χ4v) is 2.50. The van der Waals surface area contributed by atoms with Gasteiger partial charge in [0.25, 0.3) is 0 Å². The summed E-state index contributed by atoms with van der Waals surface area (Å²) in [7, 11) is 0. The minimum Gasteiger partial charge on any atom is -0.465 e. The lowest BCUT2D eigenvalue weighted by atomic mass is 10.0. The van der Waals surface area contributed by atoms with Crippen LogP contribution >= 0.6 is 0 Å². The van der Waals surface area contributed by atoms with Crippen LogP contribution in [-0.4, -0.2) is 0 Å². The van der Waals surface area contributed by atoms with Gasteiger partial charge in [-0.25, -0.2) is 0 Å². The van der Waals surface area contributed by atoms with Gasteiger partial charge in [-0.1, -0.05) is 29.3 Å². The second-order valence-corrected chi connectivity index (χ2v) is 5.48. The molecule has 0 aliphatic carbocycles. The lowest BCUT2D eigenvalue weighted by Gasteiger charge is -2.20. The summed E-state index contributed by atoms with van der Waals surface area (Å²) in [6.45, 7) is 10.6. The van der Waals surface area contributed by atoms with E-state index in [1.807, 2.05) is 19.1 Å². The molecule has 0 spiro atoms. The molecule has 2 atom stereocenters. The van der Waals surface area contributed by atoms with Gasteiger partial charge in [0.15, 0.2) is 0 Å². The zero-order valence-electron chi connectivity index (χ0n) is 12.4. The minimum absolute atomic E-state index is 0.213. The Morgan fingerprint density at radius 2 is 1.53 bits per heavy atom. The molecule has 0 saturated heterocycles. The molecule has 2 heteroatoms. The number of nitrogens with one attached hydrogen (secondary N) is 1. The third-order valence-electron chi connectivity index (χ3n) is 3.43. The van der Waals surface area contributed by atoms with Crippen LogP contribution in [-0.2, 0) is 0 Å². The Labute approximate surface area is 115 Å². The highest BCUT2D eigenvalue weighted by atomic mass is 16.3. The van der Waals surface area contributed by atoms with E-state index in [0.717, 1.165) is 11.5 Å². The van der Waals surface area contributed by atoms with Crippen LogP contribution in [0.1, 0.15) is 54.1 Å². The molecule has 19 heavy (non-hydrogen) atoms. The maximum absolute atomic E-state index is 5.67. The summed E-state index contributed by atoms with van der Waals surface area (Å²) in [6, 6.07) is 11.3. The first-order valence-corrected chi connectivity index (χ1v) is 6.86. The van der Waals surface area contributed by atoms with Gasteiger partial charge < -0.3 is 9.73 Å². The van der Waals surface area contributed by atoms with Crippen molar-refractivity contribution in [2.75, 3.05) is 0 Å². The molecule has 2 aromatic rings. The van der Waals surface area contributed by atoms with E-state index in [-0.39, 0.29) is 6.04 Å². The maximum Gasteiger partial charge on any atom is 0.120 e. The Balaban J connectivity index is 2.10. The number of hydrogen-bond acceptors (Lipinski definition) is 2. The van der Waals surface area contributed by atoms with Crippen LogP contribution in [0.4, 0.5) is 0 Å². The zero-order chi connectivity index (χ0) is 14.0. The van der Waals surface area contributed by atoms with Gasteiger partial charge in [-0.2, -0.15) is 0 Å².